The monoisotopic (exact) mass is 332 g/mol. The van der Waals surface area contributed by atoms with E-state index in [-0.39, 0.29) is 0 Å². The average molecular weight is 332 g/mol. The third-order valence-electron chi connectivity index (χ3n) is 4.96. The van der Waals surface area contributed by atoms with E-state index in [9.17, 15) is 8.42 Å². The van der Waals surface area contributed by atoms with E-state index in [0.717, 1.165) is 25.1 Å². The molecular weight excluding hydrogens is 308 g/mol. The highest BCUT2D eigenvalue weighted by atomic mass is 32.2. The number of hydrogen-bond donors (Lipinski definition) is 1. The highest BCUT2D eigenvalue weighted by molar-refractivity contribution is 7.89. The first-order chi connectivity index (χ1) is 10.9. The molecule has 1 N–H and O–H groups in total. The maximum absolute atomic E-state index is 12.2. The molecular formula is C18H24N2O2S. The summed E-state index contributed by atoms with van der Waals surface area (Å²) in [7, 11) is -0.253. The molecule has 1 fully saturated rings. The van der Waals surface area contributed by atoms with Crippen molar-refractivity contribution >= 4 is 15.6 Å². The number of nitrogens with zero attached hydrogens (tertiary/aromatic N) is 1. The molecule has 5 heteroatoms. The third kappa shape index (κ3) is 3.01. The zero-order chi connectivity index (χ0) is 16.6. The van der Waals surface area contributed by atoms with Gasteiger partial charge in [-0.15, -0.1) is 0 Å². The van der Waals surface area contributed by atoms with Crippen LogP contribution >= 0.6 is 0 Å². The lowest BCUT2D eigenvalue weighted by molar-refractivity contribution is 0.348. The van der Waals surface area contributed by atoms with Crippen LogP contribution in [-0.4, -0.2) is 39.9 Å². The maximum atomic E-state index is 12.2. The average Bonchev–Trinajstić information content (AvgIpc) is 2.55. The molecule has 0 amide bonds. The van der Waals surface area contributed by atoms with Gasteiger partial charge >= 0.3 is 0 Å². The summed E-state index contributed by atoms with van der Waals surface area (Å²) in [4.78, 5) is 0.344. The molecule has 124 valence electrons. The van der Waals surface area contributed by atoms with Crippen LogP contribution in [0.5, 0.6) is 0 Å². The SMILES string of the molecule is CC1=CC=C(c2ccc(S(=O)(=O)N(C)C)cc2)C2CCNCC12. The Bertz CT molecular complexity index is 746. The predicted molar refractivity (Wildman–Crippen MR) is 93.5 cm³/mol. The summed E-state index contributed by atoms with van der Waals surface area (Å²) in [6, 6.07) is 7.31. The Labute approximate surface area is 138 Å². The van der Waals surface area contributed by atoms with Crippen LogP contribution in [-0.2, 0) is 10.0 Å². The highest BCUT2D eigenvalue weighted by Gasteiger charge is 2.31. The van der Waals surface area contributed by atoms with E-state index in [1.165, 1.54) is 15.5 Å². The van der Waals surface area contributed by atoms with Gasteiger partial charge in [-0.25, -0.2) is 12.7 Å². The lowest BCUT2D eigenvalue weighted by Crippen LogP contribution is -2.38. The van der Waals surface area contributed by atoms with Gasteiger partial charge in [0.2, 0.25) is 10.0 Å². The number of hydrogen-bond acceptors (Lipinski definition) is 3. The van der Waals surface area contributed by atoms with Gasteiger partial charge in [0, 0.05) is 20.6 Å². The largest absolute Gasteiger partial charge is 0.316 e. The number of rotatable bonds is 3. The van der Waals surface area contributed by atoms with Gasteiger partial charge in [-0.1, -0.05) is 29.9 Å². The van der Waals surface area contributed by atoms with Crippen molar-refractivity contribution in [1.29, 1.82) is 0 Å². The number of allylic oxidation sites excluding steroid dienone is 3. The minimum Gasteiger partial charge on any atom is -0.316 e. The Morgan fingerprint density at radius 1 is 1.09 bits per heavy atom. The molecule has 1 saturated heterocycles. The van der Waals surface area contributed by atoms with Gasteiger partial charge in [0.05, 0.1) is 4.90 Å². The summed E-state index contributed by atoms with van der Waals surface area (Å²) in [6.07, 6.45) is 5.53. The summed E-state index contributed by atoms with van der Waals surface area (Å²) in [5, 5.41) is 3.47. The van der Waals surface area contributed by atoms with E-state index in [0.29, 0.717) is 16.7 Å². The summed E-state index contributed by atoms with van der Waals surface area (Å²) in [6.45, 7) is 4.26. The van der Waals surface area contributed by atoms with Crippen molar-refractivity contribution in [2.75, 3.05) is 27.2 Å². The molecule has 2 aliphatic rings. The van der Waals surface area contributed by atoms with E-state index < -0.39 is 10.0 Å². The van der Waals surface area contributed by atoms with Crippen LogP contribution in [0, 0.1) is 11.8 Å². The second kappa shape index (κ2) is 6.23. The third-order valence-corrected chi connectivity index (χ3v) is 6.79. The fourth-order valence-corrected chi connectivity index (χ4v) is 4.42. The van der Waals surface area contributed by atoms with Crippen molar-refractivity contribution in [1.82, 2.24) is 9.62 Å². The molecule has 23 heavy (non-hydrogen) atoms. The summed E-state index contributed by atoms with van der Waals surface area (Å²) < 4.78 is 25.6. The molecule has 1 aliphatic carbocycles. The van der Waals surface area contributed by atoms with E-state index >= 15 is 0 Å². The molecule has 1 aromatic carbocycles. The standard InChI is InChI=1S/C18H24N2O2S/c1-13-4-9-16(17-10-11-19-12-18(13)17)14-5-7-15(8-6-14)23(21,22)20(2)3/h4-9,17-19H,10-12H2,1-3H3. The van der Waals surface area contributed by atoms with Gasteiger partial charge in [-0.3, -0.25) is 0 Å². The Morgan fingerprint density at radius 2 is 1.78 bits per heavy atom. The van der Waals surface area contributed by atoms with Gasteiger partial charge in [-0.2, -0.15) is 0 Å². The van der Waals surface area contributed by atoms with Crippen molar-refractivity contribution in [2.24, 2.45) is 11.8 Å². The minimum atomic E-state index is -3.36. The van der Waals surface area contributed by atoms with Crippen LogP contribution in [0.25, 0.3) is 5.57 Å². The smallest absolute Gasteiger partial charge is 0.242 e. The molecule has 0 radical (unpaired) electrons. The zero-order valence-electron chi connectivity index (χ0n) is 13.9. The second-order valence-electron chi connectivity index (χ2n) is 6.55. The van der Waals surface area contributed by atoms with Gasteiger partial charge in [0.25, 0.3) is 0 Å². The number of sulfonamides is 1. The molecule has 1 heterocycles. The Morgan fingerprint density at radius 3 is 2.43 bits per heavy atom. The Kier molecular flexibility index (Phi) is 4.45. The molecule has 2 atom stereocenters. The van der Waals surface area contributed by atoms with Crippen molar-refractivity contribution in [3.05, 3.63) is 47.6 Å². The van der Waals surface area contributed by atoms with Gasteiger partial charge in [0.1, 0.15) is 0 Å². The first-order valence-electron chi connectivity index (χ1n) is 8.03. The van der Waals surface area contributed by atoms with Gasteiger partial charge in [-0.05, 0) is 55.0 Å². The molecule has 0 spiro atoms. The quantitative estimate of drug-likeness (QED) is 0.925. The van der Waals surface area contributed by atoms with E-state index in [4.69, 9.17) is 0 Å². The molecule has 1 aliphatic heterocycles. The summed E-state index contributed by atoms with van der Waals surface area (Å²) >= 11 is 0. The van der Waals surface area contributed by atoms with Crippen LogP contribution in [0.2, 0.25) is 0 Å². The predicted octanol–water partition coefficient (Wildman–Crippen LogP) is 2.51. The van der Waals surface area contributed by atoms with E-state index in [1.54, 1.807) is 26.2 Å². The fourth-order valence-electron chi connectivity index (χ4n) is 3.52. The fraction of sp³-hybridized carbons (Fsp3) is 0.444. The van der Waals surface area contributed by atoms with E-state index in [2.05, 4.69) is 24.4 Å². The summed E-state index contributed by atoms with van der Waals surface area (Å²) in [5.74, 6) is 1.08. The van der Waals surface area contributed by atoms with Crippen LogP contribution in [0.15, 0.2) is 46.9 Å². The number of benzene rings is 1. The molecule has 0 saturated carbocycles. The molecule has 0 aromatic heterocycles. The first-order valence-corrected chi connectivity index (χ1v) is 9.47. The maximum Gasteiger partial charge on any atom is 0.242 e. The molecule has 3 rings (SSSR count). The van der Waals surface area contributed by atoms with Crippen molar-refractivity contribution < 1.29 is 8.42 Å². The second-order valence-corrected chi connectivity index (χ2v) is 8.70. The van der Waals surface area contributed by atoms with Crippen LogP contribution in [0.3, 0.4) is 0 Å². The molecule has 0 bridgehead atoms. The molecule has 1 aromatic rings. The van der Waals surface area contributed by atoms with Crippen LogP contribution < -0.4 is 5.32 Å². The highest BCUT2D eigenvalue weighted by Crippen LogP contribution is 2.40. The summed E-state index contributed by atoms with van der Waals surface area (Å²) in [5.41, 5.74) is 3.89. The first kappa shape index (κ1) is 16.4. The number of nitrogens with one attached hydrogen (secondary N) is 1. The molecule has 4 nitrogen and oxygen atoms in total. The van der Waals surface area contributed by atoms with E-state index in [1.807, 2.05) is 12.1 Å². The normalized spacial score (nSPS) is 24.9. The Balaban J connectivity index is 1.93. The Hall–Kier alpha value is -1.43. The minimum absolute atomic E-state index is 0.344. The topological polar surface area (TPSA) is 49.4 Å². The molecule has 2 unspecified atom stereocenters. The van der Waals surface area contributed by atoms with Crippen molar-refractivity contribution in [2.45, 2.75) is 18.2 Å². The number of piperidine rings is 1. The van der Waals surface area contributed by atoms with Crippen LogP contribution in [0.1, 0.15) is 18.9 Å². The van der Waals surface area contributed by atoms with Crippen molar-refractivity contribution in [3.8, 4) is 0 Å². The van der Waals surface area contributed by atoms with Gasteiger partial charge < -0.3 is 5.32 Å². The lowest BCUT2D eigenvalue weighted by atomic mass is 9.72. The van der Waals surface area contributed by atoms with Crippen LogP contribution in [0.4, 0.5) is 0 Å². The lowest BCUT2D eigenvalue weighted by Gasteiger charge is -2.37. The van der Waals surface area contributed by atoms with Gasteiger partial charge in [0.15, 0.2) is 0 Å². The zero-order valence-corrected chi connectivity index (χ0v) is 14.7. The van der Waals surface area contributed by atoms with Crippen molar-refractivity contribution in [3.63, 3.8) is 0 Å². The number of fused-ring (bicyclic) bond motifs is 1.